The van der Waals surface area contributed by atoms with Crippen molar-refractivity contribution in [3.63, 3.8) is 0 Å². The van der Waals surface area contributed by atoms with Gasteiger partial charge in [-0.3, -0.25) is 0 Å². The van der Waals surface area contributed by atoms with E-state index in [1.165, 1.54) is 0 Å². The maximum atomic E-state index is 12.9. The van der Waals surface area contributed by atoms with Crippen LogP contribution in [0, 0.1) is 11.8 Å². The van der Waals surface area contributed by atoms with Crippen LogP contribution in [0.1, 0.15) is 26.7 Å². The van der Waals surface area contributed by atoms with Crippen molar-refractivity contribution < 1.29 is 22.7 Å². The van der Waals surface area contributed by atoms with Crippen LogP contribution in [-0.4, -0.2) is 29.1 Å². The second kappa shape index (κ2) is 7.86. The minimum atomic E-state index is -2.50. The van der Waals surface area contributed by atoms with E-state index in [1.807, 2.05) is 12.1 Å². The highest BCUT2D eigenvalue weighted by Crippen LogP contribution is 2.50. The van der Waals surface area contributed by atoms with Gasteiger partial charge in [0.2, 0.25) is 11.8 Å². The van der Waals surface area contributed by atoms with Crippen molar-refractivity contribution >= 4 is 25.6 Å². The largest absolute Gasteiger partial charge is 0.493 e. The van der Waals surface area contributed by atoms with Gasteiger partial charge in [0.05, 0.1) is 19.4 Å². The molecule has 0 aliphatic heterocycles. The van der Waals surface area contributed by atoms with E-state index in [-0.39, 0.29) is 13.0 Å². The molecular formula is C21H23F2N2O3P. The fraction of sp³-hybridized carbons (Fsp3) is 0.429. The highest BCUT2D eigenvalue weighted by atomic mass is 31.0. The molecule has 1 aliphatic rings. The molecule has 1 aliphatic carbocycles. The lowest BCUT2D eigenvalue weighted by Crippen LogP contribution is -2.07. The normalized spacial score (nSPS) is 17.7. The molecule has 1 fully saturated rings. The number of alkyl halides is 2. The minimum absolute atomic E-state index is 0.0279. The van der Waals surface area contributed by atoms with E-state index in [0.29, 0.717) is 47.6 Å². The van der Waals surface area contributed by atoms with E-state index >= 15 is 0 Å². The van der Waals surface area contributed by atoms with E-state index in [9.17, 15) is 8.78 Å². The van der Waals surface area contributed by atoms with E-state index in [2.05, 4.69) is 33.1 Å². The third-order valence-corrected chi connectivity index (χ3v) is 5.20. The monoisotopic (exact) mass is 420 g/mol. The van der Waals surface area contributed by atoms with Gasteiger partial charge in [-0.25, -0.2) is 18.7 Å². The molecule has 4 rings (SSSR count). The van der Waals surface area contributed by atoms with Gasteiger partial charge in [0.1, 0.15) is 11.3 Å². The Hall–Kier alpha value is -2.27. The van der Waals surface area contributed by atoms with Crippen LogP contribution >= 0.6 is 9.24 Å². The Morgan fingerprint density at radius 2 is 2.07 bits per heavy atom. The molecule has 2 heterocycles. The molecule has 5 nitrogen and oxygen atoms in total. The van der Waals surface area contributed by atoms with Gasteiger partial charge < -0.3 is 13.9 Å². The van der Waals surface area contributed by atoms with Gasteiger partial charge in [0.15, 0.2) is 5.58 Å². The second-order valence-electron chi connectivity index (χ2n) is 7.77. The highest BCUT2D eigenvalue weighted by molar-refractivity contribution is 7.27. The number of rotatable bonds is 8. The Morgan fingerprint density at radius 1 is 1.28 bits per heavy atom. The summed E-state index contributed by atoms with van der Waals surface area (Å²) in [5.74, 6) is -1.03. The molecule has 0 amide bonds. The van der Waals surface area contributed by atoms with E-state index in [1.54, 1.807) is 18.3 Å². The SMILES string of the molecule is CC(C)COc1cc2oc(-c3ccc(OCCC4CC4(F)F)c(P)c3)nc2cn1. The van der Waals surface area contributed by atoms with E-state index in [0.717, 1.165) is 10.9 Å². The summed E-state index contributed by atoms with van der Waals surface area (Å²) in [6, 6.07) is 7.25. The second-order valence-corrected chi connectivity index (χ2v) is 8.39. The number of nitrogens with zero attached hydrogens (tertiary/aromatic N) is 2. The van der Waals surface area contributed by atoms with Gasteiger partial charge in [0.25, 0.3) is 5.92 Å². The first-order chi connectivity index (χ1) is 13.8. The van der Waals surface area contributed by atoms with E-state index in [4.69, 9.17) is 13.9 Å². The zero-order valence-electron chi connectivity index (χ0n) is 16.3. The maximum Gasteiger partial charge on any atom is 0.251 e. The molecule has 0 radical (unpaired) electrons. The Bertz CT molecular complexity index is 1020. The van der Waals surface area contributed by atoms with Crippen LogP contribution in [0.2, 0.25) is 0 Å². The molecule has 2 unspecified atom stereocenters. The number of ether oxygens (including phenoxy) is 2. The summed E-state index contributed by atoms with van der Waals surface area (Å²) in [5, 5.41) is 0.811. The van der Waals surface area contributed by atoms with Crippen molar-refractivity contribution in [3.05, 3.63) is 30.5 Å². The molecule has 0 N–H and O–H groups in total. The summed E-state index contributed by atoms with van der Waals surface area (Å²) < 4.78 is 43.1. The van der Waals surface area contributed by atoms with Crippen molar-refractivity contribution in [1.29, 1.82) is 0 Å². The lowest BCUT2D eigenvalue weighted by atomic mass is 10.2. The van der Waals surface area contributed by atoms with Gasteiger partial charge >= 0.3 is 0 Å². The summed E-state index contributed by atoms with van der Waals surface area (Å²) in [6.07, 6.45) is 1.96. The van der Waals surface area contributed by atoms with Crippen LogP contribution in [0.25, 0.3) is 22.6 Å². The number of pyridine rings is 1. The van der Waals surface area contributed by atoms with Crippen LogP contribution in [0.15, 0.2) is 34.9 Å². The summed E-state index contributed by atoms with van der Waals surface area (Å²) in [5.41, 5.74) is 2.04. The van der Waals surface area contributed by atoms with Crippen molar-refractivity contribution in [2.75, 3.05) is 13.2 Å². The van der Waals surface area contributed by atoms with Crippen LogP contribution in [0.3, 0.4) is 0 Å². The van der Waals surface area contributed by atoms with Crippen LogP contribution < -0.4 is 14.8 Å². The summed E-state index contributed by atoms with van der Waals surface area (Å²) >= 11 is 0. The maximum absolute atomic E-state index is 12.9. The van der Waals surface area contributed by atoms with E-state index < -0.39 is 11.8 Å². The molecule has 1 aromatic carbocycles. The molecule has 2 aromatic heterocycles. The van der Waals surface area contributed by atoms with Crippen LogP contribution in [0.5, 0.6) is 11.6 Å². The molecule has 0 spiro atoms. The van der Waals surface area contributed by atoms with Gasteiger partial charge in [-0.15, -0.1) is 9.24 Å². The molecular weight excluding hydrogens is 397 g/mol. The summed E-state index contributed by atoms with van der Waals surface area (Å²) in [6.45, 7) is 4.99. The number of benzene rings is 1. The average molecular weight is 420 g/mol. The number of halogens is 2. The molecule has 8 heteroatoms. The highest BCUT2D eigenvalue weighted by Gasteiger charge is 2.56. The first kappa shape index (κ1) is 20.0. The first-order valence-electron chi connectivity index (χ1n) is 9.62. The summed E-state index contributed by atoms with van der Waals surface area (Å²) in [4.78, 5) is 8.74. The molecule has 154 valence electrons. The van der Waals surface area contributed by atoms with Gasteiger partial charge in [0, 0.05) is 29.3 Å². The molecule has 29 heavy (non-hydrogen) atoms. The average Bonchev–Trinajstić information content (AvgIpc) is 3.09. The Labute approximate surface area is 170 Å². The standard InChI is InChI=1S/C21H23F2N2O3P/c1-12(2)11-27-19-8-17-15(10-24-19)25-20(28-17)13-3-4-16(18(29)7-13)26-6-5-14-9-21(14,22)23/h3-4,7-8,10,12,14H,5-6,9,11,29H2,1-2H3. The molecule has 0 saturated heterocycles. The molecule has 3 aromatic rings. The van der Waals surface area contributed by atoms with Gasteiger partial charge in [-0.05, 0) is 30.5 Å². The number of aromatic nitrogens is 2. The number of oxazole rings is 1. The smallest absolute Gasteiger partial charge is 0.251 e. The van der Waals surface area contributed by atoms with Crippen molar-refractivity contribution in [2.45, 2.75) is 32.6 Å². The van der Waals surface area contributed by atoms with Gasteiger partial charge in [-0.2, -0.15) is 0 Å². The lowest BCUT2D eigenvalue weighted by Gasteiger charge is -2.09. The van der Waals surface area contributed by atoms with Gasteiger partial charge in [-0.1, -0.05) is 13.8 Å². The first-order valence-corrected chi connectivity index (χ1v) is 10.2. The zero-order valence-corrected chi connectivity index (χ0v) is 17.5. The number of fused-ring (bicyclic) bond motifs is 1. The number of hydrogen-bond donors (Lipinski definition) is 0. The van der Waals surface area contributed by atoms with Crippen molar-refractivity contribution in [1.82, 2.24) is 9.97 Å². The third-order valence-electron chi connectivity index (χ3n) is 4.75. The van der Waals surface area contributed by atoms with Crippen LogP contribution in [0.4, 0.5) is 8.78 Å². The molecule has 2 atom stereocenters. The Morgan fingerprint density at radius 3 is 2.76 bits per heavy atom. The third kappa shape index (κ3) is 4.67. The molecule has 0 bridgehead atoms. The topological polar surface area (TPSA) is 57.4 Å². The van der Waals surface area contributed by atoms with Crippen molar-refractivity contribution in [2.24, 2.45) is 11.8 Å². The quantitative estimate of drug-likeness (QED) is 0.488. The predicted octanol–water partition coefficient (Wildman–Crippen LogP) is 4.85. The fourth-order valence-electron chi connectivity index (χ4n) is 2.98. The lowest BCUT2D eigenvalue weighted by molar-refractivity contribution is 0.0931. The fourth-order valence-corrected chi connectivity index (χ4v) is 3.33. The number of hydrogen-bond acceptors (Lipinski definition) is 5. The Balaban J connectivity index is 1.44. The summed E-state index contributed by atoms with van der Waals surface area (Å²) in [7, 11) is 2.60. The Kier molecular flexibility index (Phi) is 5.43. The predicted molar refractivity (Wildman–Crippen MR) is 110 cm³/mol. The minimum Gasteiger partial charge on any atom is -0.493 e. The van der Waals surface area contributed by atoms with Crippen molar-refractivity contribution in [3.8, 4) is 23.1 Å². The molecule has 1 saturated carbocycles. The zero-order chi connectivity index (χ0) is 20.6. The van der Waals surface area contributed by atoms with Crippen LogP contribution in [-0.2, 0) is 0 Å².